The Bertz CT molecular complexity index is 421. The summed E-state index contributed by atoms with van der Waals surface area (Å²) < 4.78 is 46.5. The van der Waals surface area contributed by atoms with E-state index in [1.807, 2.05) is 0 Å². The van der Waals surface area contributed by atoms with Crippen molar-refractivity contribution in [1.29, 1.82) is 0 Å². The van der Waals surface area contributed by atoms with Crippen LogP contribution < -0.4 is 0 Å². The highest BCUT2D eigenvalue weighted by Gasteiger charge is 1.99. The molecule has 0 amide bonds. The van der Waals surface area contributed by atoms with Crippen LogP contribution in [0.1, 0.15) is 6.42 Å². The molecule has 190 valence electrons. The summed E-state index contributed by atoms with van der Waals surface area (Å²) in [6, 6.07) is 0. The number of carbonyl (C=O) groups is 2. The maximum atomic E-state index is 10.9. The van der Waals surface area contributed by atoms with Crippen molar-refractivity contribution < 1.29 is 57.3 Å². The minimum Gasteiger partial charge on any atom is -0.480 e. The number of methoxy groups -OCH3 is 1. The topological polar surface area (TPSA) is 137 Å². The first-order valence-corrected chi connectivity index (χ1v) is 10.6. The molecule has 0 saturated carbocycles. The number of carboxylic acid groups (broad SMARTS) is 1. The first kappa shape index (κ1) is 30.6. The van der Waals surface area contributed by atoms with Gasteiger partial charge in [0.2, 0.25) is 0 Å². The number of carbonyl (C=O) groups excluding carboxylic acids is 1. The Labute approximate surface area is 189 Å². The molecule has 0 aromatic carbocycles. The molecule has 1 N–H and O–H groups in total. The Morgan fingerprint density at radius 1 is 0.500 bits per heavy atom. The van der Waals surface area contributed by atoms with Gasteiger partial charge < -0.3 is 47.7 Å². The van der Waals surface area contributed by atoms with Crippen LogP contribution in [0.4, 0.5) is 0 Å². The number of hydrogen-bond donors (Lipinski definition) is 1. The van der Waals surface area contributed by atoms with Gasteiger partial charge in [-0.25, -0.2) is 4.79 Å². The van der Waals surface area contributed by atoms with Crippen molar-refractivity contribution in [3.8, 4) is 0 Å². The number of ether oxygens (including phenoxy) is 9. The third-order valence-electron chi connectivity index (χ3n) is 3.51. The van der Waals surface area contributed by atoms with E-state index in [9.17, 15) is 9.59 Å². The first-order valence-electron chi connectivity index (χ1n) is 10.6. The van der Waals surface area contributed by atoms with Crippen LogP contribution in [0.2, 0.25) is 0 Å². The highest BCUT2D eigenvalue weighted by Crippen LogP contribution is 1.88. The molecule has 0 rings (SSSR count). The normalized spacial score (nSPS) is 11.0. The van der Waals surface area contributed by atoms with E-state index < -0.39 is 5.97 Å². The van der Waals surface area contributed by atoms with Gasteiger partial charge in [-0.15, -0.1) is 0 Å². The monoisotopic (exact) mass is 470 g/mol. The van der Waals surface area contributed by atoms with E-state index in [4.69, 9.17) is 43.0 Å². The smallest absolute Gasteiger partial charge is 0.329 e. The largest absolute Gasteiger partial charge is 0.480 e. The Balaban J connectivity index is 3.04. The second-order valence-electron chi connectivity index (χ2n) is 6.06. The van der Waals surface area contributed by atoms with Gasteiger partial charge in [0.1, 0.15) is 6.61 Å². The number of aliphatic carboxylic acids is 1. The molecule has 0 aliphatic heterocycles. The summed E-state index contributed by atoms with van der Waals surface area (Å²) in [5.41, 5.74) is 0. The zero-order valence-corrected chi connectivity index (χ0v) is 19.0. The van der Waals surface area contributed by atoms with Crippen LogP contribution in [-0.2, 0) is 52.2 Å². The Kier molecular flexibility index (Phi) is 24.8. The molecule has 0 fully saturated rings. The van der Waals surface area contributed by atoms with Crippen LogP contribution in [0.5, 0.6) is 0 Å². The fourth-order valence-corrected chi connectivity index (χ4v) is 1.96. The van der Waals surface area contributed by atoms with Crippen molar-refractivity contribution in [2.45, 2.75) is 6.42 Å². The summed E-state index contributed by atoms with van der Waals surface area (Å²) in [5, 5.41) is 8.38. The Hall–Kier alpha value is -1.38. The van der Waals surface area contributed by atoms with Crippen LogP contribution in [0, 0.1) is 0 Å². The van der Waals surface area contributed by atoms with Crippen molar-refractivity contribution in [1.82, 2.24) is 0 Å². The van der Waals surface area contributed by atoms with Gasteiger partial charge in [0.05, 0.1) is 113 Å². The standard InChI is InChI=1S/C20H38O12/c1-24-20(23)2-3-25-4-5-26-6-7-27-8-9-28-10-11-29-12-13-30-14-15-31-16-17-32-18-19(21)22/h2-18H2,1H3,(H,21,22). The second kappa shape index (κ2) is 25.9. The van der Waals surface area contributed by atoms with E-state index in [1.54, 1.807) is 0 Å². The molecule has 12 heteroatoms. The van der Waals surface area contributed by atoms with E-state index >= 15 is 0 Å². The summed E-state index contributed by atoms with van der Waals surface area (Å²) in [6.07, 6.45) is 0.240. The predicted octanol–water partition coefficient (Wildman–Crippen LogP) is -0.233. The predicted molar refractivity (Wildman–Crippen MR) is 111 cm³/mol. The van der Waals surface area contributed by atoms with Gasteiger partial charge >= 0.3 is 11.9 Å². The summed E-state index contributed by atoms with van der Waals surface area (Å²) in [6.45, 7) is 6.04. The van der Waals surface area contributed by atoms with Gasteiger partial charge in [0.25, 0.3) is 0 Å². The van der Waals surface area contributed by atoms with Crippen molar-refractivity contribution in [3.05, 3.63) is 0 Å². The molecule has 0 aromatic heterocycles. The molecule has 0 aliphatic rings. The summed E-state index contributed by atoms with van der Waals surface area (Å²) in [7, 11) is 1.34. The molecular weight excluding hydrogens is 432 g/mol. The average Bonchev–Trinajstić information content (AvgIpc) is 2.78. The van der Waals surface area contributed by atoms with Gasteiger partial charge in [-0.2, -0.15) is 0 Å². The van der Waals surface area contributed by atoms with Gasteiger partial charge in [-0.3, -0.25) is 4.79 Å². The molecule has 32 heavy (non-hydrogen) atoms. The van der Waals surface area contributed by atoms with Crippen molar-refractivity contribution >= 4 is 11.9 Å². The lowest BCUT2D eigenvalue weighted by atomic mass is 10.5. The van der Waals surface area contributed by atoms with Gasteiger partial charge in [0.15, 0.2) is 0 Å². The van der Waals surface area contributed by atoms with E-state index in [0.717, 1.165) is 0 Å². The summed E-state index contributed by atoms with van der Waals surface area (Å²) in [5.74, 6) is -1.29. The fraction of sp³-hybridized carbons (Fsp3) is 0.900. The van der Waals surface area contributed by atoms with E-state index in [0.29, 0.717) is 92.5 Å². The SMILES string of the molecule is COC(=O)CCOCCOCCOCCOCCOCCOCCOCCOCC(=O)O. The zero-order chi connectivity index (χ0) is 23.5. The minimum absolute atomic E-state index is 0.240. The molecule has 0 saturated heterocycles. The van der Waals surface area contributed by atoms with Gasteiger partial charge in [-0.05, 0) is 0 Å². The van der Waals surface area contributed by atoms with Gasteiger partial charge in [-0.1, -0.05) is 0 Å². The molecular formula is C20H38O12. The lowest BCUT2D eigenvalue weighted by Gasteiger charge is -2.08. The first-order chi connectivity index (χ1) is 15.7. The highest BCUT2D eigenvalue weighted by molar-refractivity contribution is 5.69. The molecule has 12 nitrogen and oxygen atoms in total. The van der Waals surface area contributed by atoms with Crippen molar-refractivity contribution in [2.24, 2.45) is 0 Å². The van der Waals surface area contributed by atoms with Crippen LogP contribution in [0.25, 0.3) is 0 Å². The van der Waals surface area contributed by atoms with Crippen molar-refractivity contribution in [3.63, 3.8) is 0 Å². The quantitative estimate of drug-likeness (QED) is 0.132. The number of carboxylic acids is 1. The lowest BCUT2D eigenvalue weighted by molar-refractivity contribution is -0.143. The second-order valence-corrected chi connectivity index (χ2v) is 6.06. The Morgan fingerprint density at radius 3 is 1.06 bits per heavy atom. The van der Waals surface area contributed by atoms with Crippen LogP contribution in [0.15, 0.2) is 0 Å². The number of hydrogen-bond acceptors (Lipinski definition) is 11. The molecule has 0 radical (unpaired) electrons. The summed E-state index contributed by atoms with van der Waals surface area (Å²) in [4.78, 5) is 21.1. The average molecular weight is 471 g/mol. The molecule has 0 aliphatic carbocycles. The third-order valence-corrected chi connectivity index (χ3v) is 3.51. The number of esters is 1. The molecule has 0 aromatic rings. The van der Waals surface area contributed by atoms with Crippen LogP contribution in [0.3, 0.4) is 0 Å². The van der Waals surface area contributed by atoms with Crippen LogP contribution in [-0.4, -0.2) is 130 Å². The highest BCUT2D eigenvalue weighted by atomic mass is 16.6. The maximum absolute atomic E-state index is 10.9. The molecule has 0 spiro atoms. The fourth-order valence-electron chi connectivity index (χ4n) is 1.96. The minimum atomic E-state index is -0.998. The molecule has 0 atom stereocenters. The van der Waals surface area contributed by atoms with E-state index in [-0.39, 0.29) is 25.6 Å². The van der Waals surface area contributed by atoms with Crippen molar-refractivity contribution in [2.75, 3.05) is 113 Å². The number of rotatable bonds is 26. The third kappa shape index (κ3) is 26.7. The van der Waals surface area contributed by atoms with E-state index in [2.05, 4.69) is 4.74 Å². The lowest BCUT2D eigenvalue weighted by Crippen LogP contribution is -2.15. The maximum Gasteiger partial charge on any atom is 0.329 e. The molecule has 0 bridgehead atoms. The van der Waals surface area contributed by atoms with Gasteiger partial charge in [0, 0.05) is 0 Å². The Morgan fingerprint density at radius 2 is 0.781 bits per heavy atom. The summed E-state index contributed by atoms with van der Waals surface area (Å²) >= 11 is 0. The molecule has 0 heterocycles. The van der Waals surface area contributed by atoms with Crippen LogP contribution >= 0.6 is 0 Å². The zero-order valence-electron chi connectivity index (χ0n) is 19.0. The van der Waals surface area contributed by atoms with E-state index in [1.165, 1.54) is 7.11 Å². The molecule has 0 unspecified atom stereocenters.